The molecule has 0 radical (unpaired) electrons. The molecule has 0 bridgehead atoms. The molecule has 1 saturated heterocycles. The summed E-state index contributed by atoms with van der Waals surface area (Å²) in [4.78, 5) is 38.3. The summed E-state index contributed by atoms with van der Waals surface area (Å²) in [5, 5.41) is 6.15. The van der Waals surface area contributed by atoms with Gasteiger partial charge in [-0.1, -0.05) is 17.7 Å². The number of amides is 4. The summed E-state index contributed by atoms with van der Waals surface area (Å²) in [6.07, 6.45) is 1.13. The van der Waals surface area contributed by atoms with Gasteiger partial charge in [0, 0.05) is 10.6 Å². The van der Waals surface area contributed by atoms with Gasteiger partial charge in [-0.05, 0) is 56.9 Å². The van der Waals surface area contributed by atoms with Crippen LogP contribution >= 0.6 is 11.6 Å². The smallest absolute Gasteiger partial charge is 0.325 e. The topological polar surface area (TPSA) is 78.5 Å². The van der Waals surface area contributed by atoms with Gasteiger partial charge in [0.1, 0.15) is 12.1 Å². The van der Waals surface area contributed by atoms with Crippen LogP contribution in [0.3, 0.4) is 0 Å². The number of fused-ring (bicyclic) bond motifs is 2. The summed E-state index contributed by atoms with van der Waals surface area (Å²) in [5.41, 5.74) is 0.227. The van der Waals surface area contributed by atoms with Gasteiger partial charge in [-0.25, -0.2) is 4.79 Å². The molecule has 1 spiro atoms. The van der Waals surface area contributed by atoms with Crippen molar-refractivity contribution in [1.82, 2.24) is 15.5 Å². The standard InChI is InChI=1S/C17H20ClN3O3/c1-16(2,3)19-13(22)9-21-14(23)17(20-15(21)24)7-6-10-8-11(18)4-5-12(10)17/h4-5,8H,6-7,9H2,1-3H3,(H,19,22)(H,20,24). The largest absolute Gasteiger partial charge is 0.350 e. The van der Waals surface area contributed by atoms with Crippen molar-refractivity contribution in [3.63, 3.8) is 0 Å². The van der Waals surface area contributed by atoms with Crippen molar-refractivity contribution >= 4 is 29.4 Å². The van der Waals surface area contributed by atoms with Gasteiger partial charge in [-0.2, -0.15) is 0 Å². The third-order valence-corrected chi connectivity index (χ3v) is 4.52. The Hall–Kier alpha value is -2.08. The Morgan fingerprint density at radius 1 is 1.38 bits per heavy atom. The fourth-order valence-electron chi connectivity index (χ4n) is 3.37. The number of hydrogen-bond acceptors (Lipinski definition) is 3. The molecule has 1 aliphatic heterocycles. The van der Waals surface area contributed by atoms with Crippen LogP contribution in [-0.4, -0.2) is 34.8 Å². The van der Waals surface area contributed by atoms with E-state index < -0.39 is 17.1 Å². The van der Waals surface area contributed by atoms with E-state index in [2.05, 4.69) is 10.6 Å². The van der Waals surface area contributed by atoms with Crippen molar-refractivity contribution in [2.24, 2.45) is 0 Å². The highest BCUT2D eigenvalue weighted by molar-refractivity contribution is 6.30. The number of hydrogen-bond donors (Lipinski definition) is 2. The van der Waals surface area contributed by atoms with Crippen molar-refractivity contribution in [2.75, 3.05) is 6.54 Å². The fourth-order valence-corrected chi connectivity index (χ4v) is 3.56. The van der Waals surface area contributed by atoms with Crippen LogP contribution in [0, 0.1) is 0 Å². The van der Waals surface area contributed by atoms with E-state index in [-0.39, 0.29) is 18.4 Å². The van der Waals surface area contributed by atoms with Crippen molar-refractivity contribution in [2.45, 2.75) is 44.7 Å². The third-order valence-electron chi connectivity index (χ3n) is 4.29. The van der Waals surface area contributed by atoms with E-state index in [1.165, 1.54) is 0 Å². The molecule has 6 nitrogen and oxygen atoms in total. The van der Waals surface area contributed by atoms with Crippen LogP contribution < -0.4 is 10.6 Å². The number of nitrogens with one attached hydrogen (secondary N) is 2. The SMILES string of the molecule is CC(C)(C)NC(=O)CN1C(=O)NC2(CCc3cc(Cl)ccc32)C1=O. The molecule has 1 aromatic rings. The van der Waals surface area contributed by atoms with Gasteiger partial charge in [-0.15, -0.1) is 0 Å². The lowest BCUT2D eigenvalue weighted by atomic mass is 9.92. The number of urea groups is 1. The molecule has 0 saturated carbocycles. The Labute approximate surface area is 145 Å². The number of rotatable bonds is 2. The van der Waals surface area contributed by atoms with E-state index in [1.54, 1.807) is 12.1 Å². The average molecular weight is 350 g/mol. The van der Waals surface area contributed by atoms with Gasteiger partial charge >= 0.3 is 6.03 Å². The van der Waals surface area contributed by atoms with E-state index >= 15 is 0 Å². The molecule has 0 aromatic heterocycles. The second-order valence-electron chi connectivity index (χ2n) is 7.33. The van der Waals surface area contributed by atoms with Gasteiger partial charge in [0.25, 0.3) is 5.91 Å². The Morgan fingerprint density at radius 3 is 2.75 bits per heavy atom. The van der Waals surface area contributed by atoms with Crippen LogP contribution in [0.4, 0.5) is 4.79 Å². The van der Waals surface area contributed by atoms with Crippen molar-refractivity contribution in [3.05, 3.63) is 34.3 Å². The lowest BCUT2D eigenvalue weighted by Crippen LogP contribution is -2.48. The zero-order chi connectivity index (χ0) is 17.7. The molecule has 4 amide bonds. The van der Waals surface area contributed by atoms with E-state index in [0.717, 1.165) is 16.0 Å². The highest BCUT2D eigenvalue weighted by Crippen LogP contribution is 2.42. The summed E-state index contributed by atoms with van der Waals surface area (Å²) in [6.45, 7) is 5.24. The zero-order valence-corrected chi connectivity index (χ0v) is 14.7. The minimum atomic E-state index is -1.07. The quantitative estimate of drug-likeness (QED) is 0.801. The monoisotopic (exact) mass is 349 g/mol. The van der Waals surface area contributed by atoms with Crippen LogP contribution in [0.25, 0.3) is 0 Å². The molecule has 1 fully saturated rings. The molecule has 1 heterocycles. The van der Waals surface area contributed by atoms with Crippen LogP contribution in [0.15, 0.2) is 18.2 Å². The molecule has 128 valence electrons. The zero-order valence-electron chi connectivity index (χ0n) is 13.9. The number of benzene rings is 1. The predicted molar refractivity (Wildman–Crippen MR) is 89.6 cm³/mol. The number of nitrogens with zero attached hydrogens (tertiary/aromatic N) is 1. The summed E-state index contributed by atoms with van der Waals surface area (Å²) in [5.74, 6) is -0.741. The normalized spacial score (nSPS) is 22.8. The van der Waals surface area contributed by atoms with Crippen molar-refractivity contribution in [1.29, 1.82) is 0 Å². The van der Waals surface area contributed by atoms with Crippen LogP contribution in [0.5, 0.6) is 0 Å². The number of aryl methyl sites for hydroxylation is 1. The number of carbonyl (C=O) groups excluding carboxylic acids is 3. The Bertz CT molecular complexity index is 741. The molecular formula is C17H20ClN3O3. The highest BCUT2D eigenvalue weighted by Gasteiger charge is 2.55. The summed E-state index contributed by atoms with van der Waals surface area (Å²) < 4.78 is 0. The average Bonchev–Trinajstić information content (AvgIpc) is 2.91. The molecule has 2 aliphatic rings. The van der Waals surface area contributed by atoms with Crippen LogP contribution in [0.2, 0.25) is 5.02 Å². The first-order chi connectivity index (χ1) is 11.1. The maximum absolute atomic E-state index is 12.9. The van der Waals surface area contributed by atoms with Crippen molar-refractivity contribution in [3.8, 4) is 0 Å². The molecule has 2 N–H and O–H groups in total. The Morgan fingerprint density at radius 2 is 2.08 bits per heavy atom. The Kier molecular flexibility index (Phi) is 3.83. The van der Waals surface area contributed by atoms with E-state index in [9.17, 15) is 14.4 Å². The maximum Gasteiger partial charge on any atom is 0.325 e. The third kappa shape index (κ3) is 2.75. The molecule has 3 rings (SSSR count). The van der Waals surface area contributed by atoms with Crippen molar-refractivity contribution < 1.29 is 14.4 Å². The summed E-state index contributed by atoms with van der Waals surface area (Å²) in [7, 11) is 0. The minimum Gasteiger partial charge on any atom is -0.350 e. The lowest BCUT2D eigenvalue weighted by Gasteiger charge is -2.24. The molecule has 7 heteroatoms. The first kappa shape index (κ1) is 16.8. The maximum atomic E-state index is 12.9. The molecule has 1 aromatic carbocycles. The van der Waals surface area contributed by atoms with Gasteiger partial charge in [0.15, 0.2) is 0 Å². The molecular weight excluding hydrogens is 330 g/mol. The predicted octanol–water partition coefficient (Wildman–Crippen LogP) is 1.95. The van der Waals surface area contributed by atoms with Crippen LogP contribution in [-0.2, 0) is 21.5 Å². The molecule has 1 aliphatic carbocycles. The van der Waals surface area contributed by atoms with Gasteiger partial charge < -0.3 is 10.6 Å². The molecule has 1 unspecified atom stereocenters. The number of carbonyl (C=O) groups is 3. The first-order valence-corrected chi connectivity index (χ1v) is 8.24. The van der Waals surface area contributed by atoms with E-state index in [0.29, 0.717) is 17.9 Å². The minimum absolute atomic E-state index is 0.285. The van der Waals surface area contributed by atoms with E-state index in [4.69, 9.17) is 11.6 Å². The van der Waals surface area contributed by atoms with Gasteiger partial charge in [0.2, 0.25) is 5.91 Å². The van der Waals surface area contributed by atoms with Crippen LogP contribution in [0.1, 0.15) is 38.3 Å². The summed E-state index contributed by atoms with van der Waals surface area (Å²) >= 11 is 6.01. The first-order valence-electron chi connectivity index (χ1n) is 7.86. The second-order valence-corrected chi connectivity index (χ2v) is 7.76. The highest BCUT2D eigenvalue weighted by atomic mass is 35.5. The fraction of sp³-hybridized carbons (Fsp3) is 0.471. The second kappa shape index (κ2) is 5.48. The molecule has 24 heavy (non-hydrogen) atoms. The molecule has 1 atom stereocenters. The van der Waals surface area contributed by atoms with E-state index in [1.807, 2.05) is 26.8 Å². The Balaban J connectivity index is 1.85. The number of imide groups is 1. The van der Waals surface area contributed by atoms with Gasteiger partial charge in [0.05, 0.1) is 0 Å². The summed E-state index contributed by atoms with van der Waals surface area (Å²) in [6, 6.07) is 4.77. The lowest BCUT2D eigenvalue weighted by molar-refractivity contribution is -0.135. The van der Waals surface area contributed by atoms with Gasteiger partial charge in [-0.3, -0.25) is 14.5 Å². The number of halogens is 1.